The van der Waals surface area contributed by atoms with Gasteiger partial charge in [0.15, 0.2) is 5.76 Å². The van der Waals surface area contributed by atoms with Gasteiger partial charge in [-0.25, -0.2) is 4.98 Å². The lowest BCUT2D eigenvalue weighted by Crippen LogP contribution is -2.20. The number of benzene rings is 4. The molecule has 0 aliphatic carbocycles. The van der Waals surface area contributed by atoms with Gasteiger partial charge in [0.1, 0.15) is 17.9 Å². The zero-order chi connectivity index (χ0) is 26.1. The average Bonchev–Trinajstić information content (AvgIpc) is 3.35. The number of aryl methyl sites for hydroxylation is 1. The van der Waals surface area contributed by atoms with Gasteiger partial charge in [0.2, 0.25) is 5.82 Å². The molecule has 0 bridgehead atoms. The Balaban J connectivity index is 1.42. The zero-order valence-corrected chi connectivity index (χ0v) is 22.1. The van der Waals surface area contributed by atoms with E-state index >= 15 is 0 Å². The van der Waals surface area contributed by atoms with Gasteiger partial charge in [0, 0.05) is 15.4 Å². The average molecular weight is 564 g/mol. The van der Waals surface area contributed by atoms with Crippen molar-refractivity contribution in [1.29, 1.82) is 0 Å². The number of aromatic nitrogens is 2. The third kappa shape index (κ3) is 4.76. The molecule has 4 aromatic carbocycles. The highest BCUT2D eigenvalue weighted by Gasteiger charge is 2.17. The van der Waals surface area contributed by atoms with Crippen LogP contribution < -0.4 is 10.3 Å². The Hall–Kier alpha value is -4.49. The maximum atomic E-state index is 13.6. The number of rotatable bonds is 6. The molecule has 7 heteroatoms. The van der Waals surface area contributed by atoms with Gasteiger partial charge in [-0.1, -0.05) is 70.0 Å². The van der Waals surface area contributed by atoms with Gasteiger partial charge in [0.25, 0.3) is 5.56 Å². The summed E-state index contributed by atoms with van der Waals surface area (Å²) in [5.41, 5.74) is 3.96. The zero-order valence-electron chi connectivity index (χ0n) is 20.5. The van der Waals surface area contributed by atoms with Crippen LogP contribution >= 0.6 is 15.9 Å². The number of furan rings is 1. The first kappa shape index (κ1) is 23.9. The molecule has 6 rings (SSSR count). The van der Waals surface area contributed by atoms with Gasteiger partial charge in [-0.3, -0.25) is 4.79 Å². The number of ether oxygens (including phenoxy) is 1. The van der Waals surface area contributed by atoms with Crippen molar-refractivity contribution in [2.75, 3.05) is 0 Å². The van der Waals surface area contributed by atoms with E-state index in [0.29, 0.717) is 40.4 Å². The Morgan fingerprint density at radius 1 is 0.974 bits per heavy atom. The highest BCUT2D eigenvalue weighted by atomic mass is 79.9. The topological polar surface area (TPSA) is 69.6 Å². The second-order valence-electron chi connectivity index (χ2n) is 8.92. The molecule has 0 radical (unpaired) electrons. The van der Waals surface area contributed by atoms with E-state index in [9.17, 15) is 4.79 Å². The summed E-state index contributed by atoms with van der Waals surface area (Å²) in [5, 5.41) is 5.95. The highest BCUT2D eigenvalue weighted by molar-refractivity contribution is 9.10. The van der Waals surface area contributed by atoms with Crippen LogP contribution in [0.2, 0.25) is 0 Å². The molecule has 2 heterocycles. The number of hydrogen-bond acceptors (Lipinski definition) is 5. The van der Waals surface area contributed by atoms with E-state index in [-0.39, 0.29) is 5.56 Å². The maximum absolute atomic E-state index is 13.6. The van der Waals surface area contributed by atoms with Crippen LogP contribution in [0.1, 0.15) is 16.7 Å². The maximum Gasteiger partial charge on any atom is 0.282 e. The fourth-order valence-corrected chi connectivity index (χ4v) is 4.70. The monoisotopic (exact) mass is 563 g/mol. The number of nitrogens with zero attached hydrogens (tertiary/aromatic N) is 3. The smallest absolute Gasteiger partial charge is 0.282 e. The van der Waals surface area contributed by atoms with E-state index in [1.54, 1.807) is 12.3 Å². The van der Waals surface area contributed by atoms with E-state index in [1.165, 1.54) is 10.2 Å². The molecule has 0 N–H and O–H groups in total. The first-order valence-corrected chi connectivity index (χ1v) is 12.9. The summed E-state index contributed by atoms with van der Waals surface area (Å²) in [4.78, 5) is 18.3. The third-order valence-electron chi connectivity index (χ3n) is 6.16. The summed E-state index contributed by atoms with van der Waals surface area (Å²) >= 11 is 3.50. The molecular formula is C31H22BrN3O3. The van der Waals surface area contributed by atoms with Gasteiger partial charge < -0.3 is 9.15 Å². The second kappa shape index (κ2) is 10.1. The molecule has 0 aliphatic heterocycles. The van der Waals surface area contributed by atoms with Gasteiger partial charge in [-0.2, -0.15) is 9.78 Å². The van der Waals surface area contributed by atoms with Gasteiger partial charge in [-0.15, -0.1) is 0 Å². The first-order chi connectivity index (χ1) is 18.5. The molecular weight excluding hydrogens is 542 g/mol. The minimum atomic E-state index is -0.290. The van der Waals surface area contributed by atoms with Crippen molar-refractivity contribution >= 4 is 44.0 Å². The van der Waals surface area contributed by atoms with Crippen molar-refractivity contribution in [1.82, 2.24) is 9.66 Å². The van der Waals surface area contributed by atoms with Crippen molar-refractivity contribution < 1.29 is 9.15 Å². The van der Waals surface area contributed by atoms with Crippen LogP contribution in [0.25, 0.3) is 33.5 Å². The Morgan fingerprint density at radius 2 is 1.82 bits per heavy atom. The normalized spacial score (nSPS) is 11.5. The number of hydrogen-bond donors (Lipinski definition) is 0. The fourth-order valence-electron chi connectivity index (χ4n) is 4.32. The molecule has 0 saturated carbocycles. The Kier molecular flexibility index (Phi) is 6.35. The van der Waals surface area contributed by atoms with Crippen LogP contribution in [0.5, 0.6) is 5.75 Å². The van der Waals surface area contributed by atoms with E-state index in [2.05, 4.69) is 40.1 Å². The molecule has 0 unspecified atom stereocenters. The Morgan fingerprint density at radius 3 is 2.71 bits per heavy atom. The predicted molar refractivity (Wildman–Crippen MR) is 154 cm³/mol. The second-order valence-corrected chi connectivity index (χ2v) is 9.84. The van der Waals surface area contributed by atoms with E-state index in [1.807, 2.05) is 78.9 Å². The van der Waals surface area contributed by atoms with Crippen molar-refractivity contribution in [2.45, 2.75) is 13.5 Å². The lowest BCUT2D eigenvalue weighted by molar-refractivity contribution is 0.305. The molecule has 0 atom stereocenters. The summed E-state index contributed by atoms with van der Waals surface area (Å²) < 4.78 is 14.4. The van der Waals surface area contributed by atoms with Crippen molar-refractivity contribution in [3.05, 3.63) is 129 Å². The van der Waals surface area contributed by atoms with Crippen LogP contribution in [0.4, 0.5) is 0 Å². The van der Waals surface area contributed by atoms with Crippen molar-refractivity contribution in [3.8, 4) is 17.3 Å². The molecule has 186 valence electrons. The molecule has 0 saturated heterocycles. The Labute approximate surface area is 227 Å². The number of fused-ring (bicyclic) bond motifs is 2. The summed E-state index contributed by atoms with van der Waals surface area (Å²) in [7, 11) is 0. The minimum absolute atomic E-state index is 0.290. The third-order valence-corrected chi connectivity index (χ3v) is 6.65. The van der Waals surface area contributed by atoms with Crippen LogP contribution in [0.3, 0.4) is 0 Å². The fraction of sp³-hybridized carbons (Fsp3) is 0.0645. The summed E-state index contributed by atoms with van der Waals surface area (Å²) in [6.07, 6.45) is 1.62. The molecule has 0 aliphatic rings. The summed E-state index contributed by atoms with van der Waals surface area (Å²) in [5.74, 6) is 1.42. The van der Waals surface area contributed by atoms with Gasteiger partial charge in [0.05, 0.1) is 17.1 Å². The lowest BCUT2D eigenvalue weighted by atomic mass is 10.1. The van der Waals surface area contributed by atoms with Crippen LogP contribution in [-0.2, 0) is 6.61 Å². The van der Waals surface area contributed by atoms with E-state index < -0.39 is 0 Å². The SMILES string of the molecule is Cc1cccc(COc2ccccc2C=Nn2c(-c3cc4cc(Br)ccc4o3)nc3ccccc3c2=O)c1. The lowest BCUT2D eigenvalue weighted by Gasteiger charge is -2.10. The first-order valence-electron chi connectivity index (χ1n) is 12.1. The molecule has 38 heavy (non-hydrogen) atoms. The molecule has 2 aromatic heterocycles. The minimum Gasteiger partial charge on any atom is -0.488 e. The van der Waals surface area contributed by atoms with E-state index in [0.717, 1.165) is 21.0 Å². The number of para-hydroxylation sites is 2. The molecule has 0 spiro atoms. The van der Waals surface area contributed by atoms with Gasteiger partial charge >= 0.3 is 0 Å². The van der Waals surface area contributed by atoms with Crippen LogP contribution in [-0.4, -0.2) is 15.9 Å². The molecule has 0 fully saturated rings. The Bertz CT molecular complexity index is 1890. The summed E-state index contributed by atoms with van der Waals surface area (Å²) in [6, 6.07) is 30.6. The highest BCUT2D eigenvalue weighted by Crippen LogP contribution is 2.29. The quantitative estimate of drug-likeness (QED) is 0.199. The van der Waals surface area contributed by atoms with E-state index in [4.69, 9.17) is 14.1 Å². The largest absolute Gasteiger partial charge is 0.488 e. The summed E-state index contributed by atoms with van der Waals surface area (Å²) in [6.45, 7) is 2.47. The van der Waals surface area contributed by atoms with Crippen molar-refractivity contribution in [2.24, 2.45) is 5.10 Å². The van der Waals surface area contributed by atoms with Gasteiger partial charge in [-0.05, 0) is 61.0 Å². The molecule has 6 nitrogen and oxygen atoms in total. The van der Waals surface area contributed by atoms with Crippen LogP contribution in [0, 0.1) is 6.92 Å². The van der Waals surface area contributed by atoms with Crippen LogP contribution in [0.15, 0.2) is 116 Å². The standard InChI is InChI=1S/C31H22BrN3O3/c1-20-7-6-8-21(15-20)19-37-27-12-5-2-9-22(27)18-33-35-30(34-26-11-4-3-10-25(26)31(35)36)29-17-23-16-24(32)13-14-28(23)38-29/h2-18H,19H2,1H3. The molecule has 6 aromatic rings. The molecule has 0 amide bonds. The predicted octanol–water partition coefficient (Wildman–Crippen LogP) is 7.34. The van der Waals surface area contributed by atoms with Crippen molar-refractivity contribution in [3.63, 3.8) is 0 Å². The number of halogens is 1.